The van der Waals surface area contributed by atoms with Gasteiger partial charge in [0.15, 0.2) is 0 Å². The lowest BCUT2D eigenvalue weighted by atomic mass is 9.94. The van der Waals surface area contributed by atoms with Crippen LogP contribution < -0.4 is 0 Å². The standard InChI is InChI=1S/C21H14.C17H12.C13H10.12C2H6/c1-3-7-18-14(5-1)9-11-16-13-17-12-10-15-6-2-4-8-19(15)21(17)20(16)18;1-3-7-15-12(5-1)9-10-14-11-13-6-2-4-8-16(13)17(14)15;1-3-7-12-10(5-1)9-11-6-2-4-8-13(11)12;12*1-2/h1-12H,13H2;1-10H,11H2;1-8H,9H2;12*1-2H3. The Morgan fingerprint density at radius 2 is 0.387 bits per heavy atom. The van der Waals surface area contributed by atoms with Crippen LogP contribution in [0.2, 0.25) is 0 Å². The third-order valence-corrected chi connectivity index (χ3v) is 11.1. The Balaban J connectivity index is -0.000000874. The first-order valence-electron chi connectivity index (χ1n) is 30.1. The molecule has 0 atom stereocenters. The van der Waals surface area contributed by atoms with Crippen LogP contribution in [0, 0.1) is 0 Å². The van der Waals surface area contributed by atoms with E-state index in [2.05, 4.69) is 182 Å². The molecule has 0 radical (unpaired) electrons. The number of rotatable bonds is 0. The van der Waals surface area contributed by atoms with Crippen molar-refractivity contribution in [3.8, 4) is 33.4 Å². The first kappa shape index (κ1) is 73.0. The van der Waals surface area contributed by atoms with Crippen LogP contribution >= 0.6 is 0 Å². The highest BCUT2D eigenvalue weighted by Crippen LogP contribution is 2.45. The molecule has 408 valence electrons. The molecule has 0 heteroatoms. The molecule has 0 saturated carbocycles. The third kappa shape index (κ3) is 19.4. The van der Waals surface area contributed by atoms with Gasteiger partial charge >= 0.3 is 0 Å². The van der Waals surface area contributed by atoms with Gasteiger partial charge in [0.1, 0.15) is 0 Å². The molecule has 0 unspecified atom stereocenters. The molecule has 0 saturated heterocycles. The fraction of sp³-hybridized carbons (Fsp3) is 0.360. The molecule has 12 rings (SSSR count). The predicted molar refractivity (Wildman–Crippen MR) is 353 cm³/mol. The Bertz CT molecular complexity index is 2650. The Morgan fingerprint density at radius 1 is 0.173 bits per heavy atom. The van der Waals surface area contributed by atoms with Gasteiger partial charge in [0.2, 0.25) is 0 Å². The highest BCUT2D eigenvalue weighted by atomic mass is 14.3. The summed E-state index contributed by atoms with van der Waals surface area (Å²) in [4.78, 5) is 0. The van der Waals surface area contributed by atoms with Gasteiger partial charge in [-0.05, 0) is 118 Å². The molecule has 0 amide bonds. The van der Waals surface area contributed by atoms with Crippen molar-refractivity contribution < 1.29 is 0 Å². The molecule has 0 N–H and O–H groups in total. The topological polar surface area (TPSA) is 0 Å². The van der Waals surface area contributed by atoms with E-state index in [0.29, 0.717) is 0 Å². The summed E-state index contributed by atoms with van der Waals surface area (Å²) in [6, 6.07) is 65.8. The maximum atomic E-state index is 2.30. The van der Waals surface area contributed by atoms with Crippen LogP contribution in [0.3, 0.4) is 0 Å². The van der Waals surface area contributed by atoms with Crippen LogP contribution in [0.1, 0.15) is 200 Å². The Morgan fingerprint density at radius 3 is 0.720 bits per heavy atom. The van der Waals surface area contributed by atoms with Crippen molar-refractivity contribution in [1.82, 2.24) is 0 Å². The SMILES string of the molecule is CC.CC.CC.CC.CC.CC.CC.CC.CC.CC.CC.CC.c1ccc2c(c1)Cc1ccc3ccccc3c1-2.c1ccc2c(c1)Cc1ccccc1-2.c1ccc2c3c(ccc2c1)Cc1ccc2ccccc2c1-3. The van der Waals surface area contributed by atoms with Crippen molar-refractivity contribution in [2.24, 2.45) is 0 Å². The van der Waals surface area contributed by atoms with Crippen molar-refractivity contribution in [1.29, 1.82) is 0 Å². The van der Waals surface area contributed by atoms with Crippen LogP contribution in [-0.2, 0) is 19.3 Å². The average molecular weight is 1010 g/mol. The molecule has 3 aliphatic carbocycles. The summed E-state index contributed by atoms with van der Waals surface area (Å²) in [5, 5.41) is 8.14. The van der Waals surface area contributed by atoms with Gasteiger partial charge in [-0.15, -0.1) is 0 Å². The van der Waals surface area contributed by atoms with E-state index >= 15 is 0 Å². The summed E-state index contributed by atoms with van der Waals surface area (Å²) in [7, 11) is 0. The summed E-state index contributed by atoms with van der Waals surface area (Å²) < 4.78 is 0. The summed E-state index contributed by atoms with van der Waals surface area (Å²) in [5.41, 5.74) is 17.3. The zero-order valence-corrected chi connectivity index (χ0v) is 52.4. The van der Waals surface area contributed by atoms with Crippen LogP contribution in [0.5, 0.6) is 0 Å². The summed E-state index contributed by atoms with van der Waals surface area (Å²) in [6.45, 7) is 48.0. The fourth-order valence-electron chi connectivity index (χ4n) is 8.71. The van der Waals surface area contributed by atoms with E-state index in [9.17, 15) is 0 Å². The fourth-order valence-corrected chi connectivity index (χ4v) is 8.71. The Labute approximate surface area is 464 Å². The minimum absolute atomic E-state index is 1.06. The molecular weight excluding hydrogens is 901 g/mol. The van der Waals surface area contributed by atoms with Gasteiger partial charge in [-0.3, -0.25) is 0 Å². The summed E-state index contributed by atoms with van der Waals surface area (Å²) in [5.74, 6) is 0. The quantitative estimate of drug-likeness (QED) is 0.142. The Kier molecular flexibility index (Phi) is 45.1. The molecule has 9 aromatic carbocycles. The van der Waals surface area contributed by atoms with E-state index in [0.717, 1.165) is 19.3 Å². The molecule has 75 heavy (non-hydrogen) atoms. The molecule has 0 bridgehead atoms. The normalized spacial score (nSPS) is 9.44. The van der Waals surface area contributed by atoms with E-state index in [1.165, 1.54) is 99.1 Å². The molecule has 0 spiro atoms. The number of hydrogen-bond donors (Lipinski definition) is 0. The zero-order chi connectivity index (χ0) is 57.7. The minimum atomic E-state index is 1.06. The second-order valence-corrected chi connectivity index (χ2v) is 14.0. The highest BCUT2D eigenvalue weighted by molar-refractivity contribution is 6.09. The van der Waals surface area contributed by atoms with E-state index in [1.807, 2.05) is 166 Å². The molecule has 0 fully saturated rings. The molecule has 0 nitrogen and oxygen atoms in total. The van der Waals surface area contributed by atoms with Gasteiger partial charge in [0.05, 0.1) is 0 Å². The van der Waals surface area contributed by atoms with E-state index in [4.69, 9.17) is 0 Å². The van der Waals surface area contributed by atoms with Gasteiger partial charge in [-0.2, -0.15) is 0 Å². The minimum Gasteiger partial charge on any atom is -0.0683 e. The van der Waals surface area contributed by atoms with E-state index in [-0.39, 0.29) is 0 Å². The smallest absolute Gasteiger partial charge is 0.00130 e. The maximum absolute atomic E-state index is 2.30. The van der Waals surface area contributed by atoms with Gasteiger partial charge < -0.3 is 0 Å². The molecule has 0 aromatic heterocycles. The first-order valence-corrected chi connectivity index (χ1v) is 30.1. The molecule has 3 aliphatic rings. The second kappa shape index (κ2) is 46.3. The number of fused-ring (bicyclic) bond motifs is 15. The van der Waals surface area contributed by atoms with Crippen molar-refractivity contribution in [3.05, 3.63) is 215 Å². The van der Waals surface area contributed by atoms with Crippen LogP contribution in [0.25, 0.3) is 65.7 Å². The summed E-state index contributed by atoms with van der Waals surface area (Å²) in [6.07, 6.45) is 3.24. The monoisotopic (exact) mass is 1010 g/mol. The van der Waals surface area contributed by atoms with E-state index < -0.39 is 0 Å². The maximum Gasteiger partial charge on any atom is -0.00130 e. The number of hydrogen-bond acceptors (Lipinski definition) is 0. The van der Waals surface area contributed by atoms with Gasteiger partial charge in [-0.1, -0.05) is 348 Å². The lowest BCUT2D eigenvalue weighted by Crippen LogP contribution is -1.83. The lowest BCUT2D eigenvalue weighted by Gasteiger charge is -2.09. The van der Waals surface area contributed by atoms with Crippen LogP contribution in [-0.4, -0.2) is 0 Å². The second-order valence-electron chi connectivity index (χ2n) is 14.0. The van der Waals surface area contributed by atoms with Gasteiger partial charge in [-0.25, -0.2) is 0 Å². The van der Waals surface area contributed by atoms with E-state index in [1.54, 1.807) is 0 Å². The molecule has 0 heterocycles. The highest BCUT2D eigenvalue weighted by Gasteiger charge is 2.23. The third-order valence-electron chi connectivity index (χ3n) is 11.1. The molecule has 0 aliphatic heterocycles. The van der Waals surface area contributed by atoms with Gasteiger partial charge in [0.25, 0.3) is 0 Å². The van der Waals surface area contributed by atoms with Crippen LogP contribution in [0.4, 0.5) is 0 Å². The first-order chi connectivity index (χ1) is 37.3. The predicted octanol–water partition coefficient (Wildman–Crippen LogP) is 25.5. The van der Waals surface area contributed by atoms with Crippen molar-refractivity contribution >= 4 is 32.3 Å². The van der Waals surface area contributed by atoms with Gasteiger partial charge in [0, 0.05) is 0 Å². The Hall–Kier alpha value is -6.24. The van der Waals surface area contributed by atoms with Crippen molar-refractivity contribution in [3.63, 3.8) is 0 Å². The van der Waals surface area contributed by atoms with Crippen LogP contribution in [0.15, 0.2) is 182 Å². The molecular formula is C75H108. The largest absolute Gasteiger partial charge is 0.0683 e. The zero-order valence-electron chi connectivity index (χ0n) is 52.4. The number of benzene rings is 9. The summed E-state index contributed by atoms with van der Waals surface area (Å²) >= 11 is 0. The van der Waals surface area contributed by atoms with Crippen molar-refractivity contribution in [2.45, 2.75) is 185 Å². The lowest BCUT2D eigenvalue weighted by molar-refractivity contribution is 1.26. The van der Waals surface area contributed by atoms with Crippen molar-refractivity contribution in [2.75, 3.05) is 0 Å². The molecule has 9 aromatic rings. The average Bonchev–Trinajstić information content (AvgIpc) is 4.26.